The summed E-state index contributed by atoms with van der Waals surface area (Å²) < 4.78 is 14.0. The molecule has 0 spiro atoms. The summed E-state index contributed by atoms with van der Waals surface area (Å²) in [6.45, 7) is 1.76. The Balaban J connectivity index is 1.83. The molecule has 0 unspecified atom stereocenters. The van der Waals surface area contributed by atoms with Gasteiger partial charge in [0.2, 0.25) is 5.95 Å². The maximum Gasteiger partial charge on any atom is 0.223 e. The van der Waals surface area contributed by atoms with E-state index in [9.17, 15) is 4.39 Å². The summed E-state index contributed by atoms with van der Waals surface area (Å²) in [5.74, 6) is 0.793. The van der Waals surface area contributed by atoms with Crippen molar-refractivity contribution >= 4 is 34.9 Å². The minimum absolute atomic E-state index is 0.0515. The second-order valence-corrected chi connectivity index (χ2v) is 6.46. The number of nitrogens with two attached hydrogens (primary N) is 1. The number of nitrogens with one attached hydrogen (secondary N) is 1. The molecule has 8 heteroatoms. The minimum Gasteiger partial charge on any atom is -0.368 e. The molecule has 0 aliphatic carbocycles. The van der Waals surface area contributed by atoms with Crippen LogP contribution in [0.2, 0.25) is 5.02 Å². The molecule has 1 aliphatic heterocycles. The van der Waals surface area contributed by atoms with Crippen molar-refractivity contribution in [3.63, 3.8) is 0 Å². The van der Waals surface area contributed by atoms with Gasteiger partial charge >= 0.3 is 0 Å². The molecule has 2 heterocycles. The normalized spacial score (nSPS) is 17.5. The number of hydrogen-bond donors (Lipinski definition) is 2. The Morgan fingerprint density at radius 1 is 1.38 bits per heavy atom. The van der Waals surface area contributed by atoms with Crippen molar-refractivity contribution in [1.29, 1.82) is 0 Å². The fourth-order valence-corrected chi connectivity index (χ4v) is 2.96. The Hall–Kier alpha value is -2.12. The fraction of sp³-hybridized carbons (Fsp3) is 0.375. The van der Waals surface area contributed by atoms with Crippen LogP contribution in [0, 0.1) is 5.82 Å². The second kappa shape index (κ2) is 6.78. The number of benzene rings is 1. The monoisotopic (exact) mass is 350 g/mol. The highest BCUT2D eigenvalue weighted by Crippen LogP contribution is 2.27. The number of halogens is 2. The van der Waals surface area contributed by atoms with Crippen molar-refractivity contribution < 1.29 is 4.39 Å². The van der Waals surface area contributed by atoms with Crippen LogP contribution in [0.4, 0.5) is 27.7 Å². The smallest absolute Gasteiger partial charge is 0.223 e. The van der Waals surface area contributed by atoms with E-state index < -0.39 is 5.82 Å². The third-order valence-electron chi connectivity index (χ3n) is 4.16. The third-order valence-corrected chi connectivity index (χ3v) is 4.45. The average molecular weight is 351 g/mol. The lowest BCUT2D eigenvalue weighted by atomic mass is 10.2. The number of nitrogen functional groups attached to an aromatic ring is 1. The predicted octanol–water partition coefficient (Wildman–Crippen LogP) is 2.74. The lowest BCUT2D eigenvalue weighted by Gasteiger charge is -2.21. The van der Waals surface area contributed by atoms with Crippen molar-refractivity contribution in [2.45, 2.75) is 12.5 Å². The summed E-state index contributed by atoms with van der Waals surface area (Å²) in [5.41, 5.74) is 6.07. The highest BCUT2D eigenvalue weighted by molar-refractivity contribution is 6.31. The molecule has 6 nitrogen and oxygen atoms in total. The first-order chi connectivity index (χ1) is 11.4. The van der Waals surface area contributed by atoms with Gasteiger partial charge in [-0.05, 0) is 32.6 Å². The molecule has 128 valence electrons. The van der Waals surface area contributed by atoms with Crippen LogP contribution in [-0.4, -0.2) is 48.1 Å². The minimum atomic E-state index is -0.522. The molecular weight excluding hydrogens is 331 g/mol. The molecule has 1 saturated heterocycles. The Bertz CT molecular complexity index is 739. The SMILES string of the molecule is CN(C)[C@@H]1CCN(c2cc(Nc3cccc(Cl)c3F)nc(N)n2)C1. The quantitative estimate of drug-likeness (QED) is 0.883. The maximum absolute atomic E-state index is 14.0. The van der Waals surface area contributed by atoms with Crippen molar-refractivity contribution in [2.24, 2.45) is 0 Å². The molecule has 0 amide bonds. The van der Waals surface area contributed by atoms with E-state index in [0.29, 0.717) is 11.9 Å². The van der Waals surface area contributed by atoms with Gasteiger partial charge in [-0.3, -0.25) is 0 Å². The van der Waals surface area contributed by atoms with Crippen LogP contribution in [0.25, 0.3) is 0 Å². The summed E-state index contributed by atoms with van der Waals surface area (Å²) in [7, 11) is 4.13. The highest BCUT2D eigenvalue weighted by Gasteiger charge is 2.25. The molecular formula is C16H20ClFN6. The molecule has 3 rings (SSSR count). The molecule has 1 aromatic carbocycles. The predicted molar refractivity (Wildman–Crippen MR) is 95.4 cm³/mol. The van der Waals surface area contributed by atoms with E-state index in [1.807, 2.05) is 0 Å². The molecule has 1 aliphatic rings. The van der Waals surface area contributed by atoms with Crippen LogP contribution in [0.1, 0.15) is 6.42 Å². The first kappa shape index (κ1) is 16.7. The molecule has 1 fully saturated rings. The van der Waals surface area contributed by atoms with Crippen molar-refractivity contribution in [3.8, 4) is 0 Å². The number of aromatic nitrogens is 2. The van der Waals surface area contributed by atoms with Crippen LogP contribution in [0.5, 0.6) is 0 Å². The van der Waals surface area contributed by atoms with Gasteiger partial charge in [0.1, 0.15) is 11.6 Å². The van der Waals surface area contributed by atoms with Gasteiger partial charge in [-0.25, -0.2) is 4.39 Å². The largest absolute Gasteiger partial charge is 0.368 e. The Morgan fingerprint density at radius 3 is 2.88 bits per heavy atom. The maximum atomic E-state index is 14.0. The Kier molecular flexibility index (Phi) is 4.73. The lowest BCUT2D eigenvalue weighted by molar-refractivity contribution is 0.315. The van der Waals surface area contributed by atoms with Crippen LogP contribution >= 0.6 is 11.6 Å². The molecule has 1 atom stereocenters. The second-order valence-electron chi connectivity index (χ2n) is 6.05. The number of rotatable bonds is 4. The van der Waals surface area contributed by atoms with Gasteiger partial charge in [0.05, 0.1) is 10.7 Å². The van der Waals surface area contributed by atoms with Crippen molar-refractivity contribution in [2.75, 3.05) is 43.1 Å². The van der Waals surface area contributed by atoms with E-state index in [-0.39, 0.29) is 16.7 Å². The standard InChI is InChI=1S/C16H20ClFN6/c1-23(2)10-6-7-24(9-10)14-8-13(21-16(19)22-14)20-12-5-3-4-11(17)15(12)18/h3-5,8,10H,6-7,9H2,1-2H3,(H3,19,20,21,22)/t10-/m1/s1. The Labute approximate surface area is 145 Å². The van der Waals surface area contributed by atoms with Gasteiger partial charge in [-0.15, -0.1) is 0 Å². The summed E-state index contributed by atoms with van der Waals surface area (Å²) in [4.78, 5) is 12.8. The molecule has 0 radical (unpaired) electrons. The molecule has 0 bridgehead atoms. The number of hydrogen-bond acceptors (Lipinski definition) is 6. The molecule has 1 aromatic heterocycles. The molecule has 0 saturated carbocycles. The Morgan fingerprint density at radius 2 is 2.17 bits per heavy atom. The van der Waals surface area contributed by atoms with Gasteiger partial charge in [0.25, 0.3) is 0 Å². The van der Waals surface area contributed by atoms with E-state index in [1.165, 1.54) is 6.07 Å². The van der Waals surface area contributed by atoms with E-state index in [1.54, 1.807) is 18.2 Å². The van der Waals surface area contributed by atoms with E-state index in [4.69, 9.17) is 17.3 Å². The van der Waals surface area contributed by atoms with Gasteiger partial charge in [0, 0.05) is 25.2 Å². The summed E-state index contributed by atoms with van der Waals surface area (Å²) in [6.07, 6.45) is 1.06. The fourth-order valence-electron chi connectivity index (χ4n) is 2.79. The number of nitrogens with zero attached hydrogens (tertiary/aromatic N) is 4. The third kappa shape index (κ3) is 3.52. The first-order valence-electron chi connectivity index (χ1n) is 7.71. The van der Waals surface area contributed by atoms with Gasteiger partial charge in [-0.2, -0.15) is 9.97 Å². The molecule has 2 aromatic rings. The van der Waals surface area contributed by atoms with Gasteiger partial charge in [-0.1, -0.05) is 17.7 Å². The molecule has 3 N–H and O–H groups in total. The van der Waals surface area contributed by atoms with Crippen LogP contribution in [-0.2, 0) is 0 Å². The first-order valence-corrected chi connectivity index (χ1v) is 8.09. The van der Waals surface area contributed by atoms with E-state index in [0.717, 1.165) is 25.3 Å². The van der Waals surface area contributed by atoms with E-state index >= 15 is 0 Å². The van der Waals surface area contributed by atoms with Crippen LogP contribution in [0.15, 0.2) is 24.3 Å². The average Bonchev–Trinajstić information content (AvgIpc) is 3.01. The summed E-state index contributed by atoms with van der Waals surface area (Å²) in [6, 6.07) is 7.00. The zero-order chi connectivity index (χ0) is 17.3. The number of likely N-dealkylation sites (N-methyl/N-ethyl adjacent to an activating group) is 1. The zero-order valence-electron chi connectivity index (χ0n) is 13.6. The van der Waals surface area contributed by atoms with Gasteiger partial charge < -0.3 is 20.9 Å². The topological polar surface area (TPSA) is 70.3 Å². The molecule has 24 heavy (non-hydrogen) atoms. The van der Waals surface area contributed by atoms with Crippen molar-refractivity contribution in [1.82, 2.24) is 14.9 Å². The van der Waals surface area contributed by atoms with Crippen LogP contribution in [0.3, 0.4) is 0 Å². The number of anilines is 4. The van der Waals surface area contributed by atoms with Gasteiger partial charge in [0.15, 0.2) is 5.82 Å². The summed E-state index contributed by atoms with van der Waals surface area (Å²) >= 11 is 5.81. The summed E-state index contributed by atoms with van der Waals surface area (Å²) in [5, 5.41) is 2.98. The highest BCUT2D eigenvalue weighted by atomic mass is 35.5. The lowest BCUT2D eigenvalue weighted by Crippen LogP contribution is -2.31. The van der Waals surface area contributed by atoms with Crippen LogP contribution < -0.4 is 16.0 Å². The van der Waals surface area contributed by atoms with E-state index in [2.05, 4.69) is 39.2 Å². The van der Waals surface area contributed by atoms with Crippen molar-refractivity contribution in [3.05, 3.63) is 35.1 Å². The zero-order valence-corrected chi connectivity index (χ0v) is 14.4.